The number of thiazole rings is 1. The number of amides is 2. The summed E-state index contributed by atoms with van der Waals surface area (Å²) in [7, 11) is 1.50. The van der Waals surface area contributed by atoms with E-state index in [9.17, 15) is 9.59 Å². The van der Waals surface area contributed by atoms with Gasteiger partial charge in [-0.25, -0.2) is 4.98 Å². The zero-order valence-electron chi connectivity index (χ0n) is 16.7. The Labute approximate surface area is 187 Å². The number of aromatic nitrogens is 1. The van der Waals surface area contributed by atoms with Crippen LogP contribution in [0.2, 0.25) is 4.34 Å². The number of hydrogen-bond donors (Lipinski definition) is 2. The Morgan fingerprint density at radius 2 is 1.80 bits per heavy atom. The SMILES string of the molecule is COc1cc(C(=O)NNC(=O)c2sc(-c3ccc(Cl)s3)nc2C)ccc1OC(C)C. The number of ether oxygens (including phenoxy) is 2. The highest BCUT2D eigenvalue weighted by Crippen LogP contribution is 2.35. The second-order valence-electron chi connectivity index (χ2n) is 6.48. The summed E-state index contributed by atoms with van der Waals surface area (Å²) < 4.78 is 11.6. The number of hydrogen-bond acceptors (Lipinski definition) is 7. The lowest BCUT2D eigenvalue weighted by atomic mass is 10.2. The summed E-state index contributed by atoms with van der Waals surface area (Å²) in [5.41, 5.74) is 5.73. The molecule has 2 N–H and O–H groups in total. The second-order valence-corrected chi connectivity index (χ2v) is 9.19. The number of nitrogens with one attached hydrogen (secondary N) is 2. The van der Waals surface area contributed by atoms with Crippen molar-refractivity contribution in [3.63, 3.8) is 0 Å². The first-order valence-corrected chi connectivity index (χ1v) is 11.0. The smallest absolute Gasteiger partial charge is 0.281 e. The predicted octanol–water partition coefficient (Wildman–Crippen LogP) is 4.70. The highest BCUT2D eigenvalue weighted by atomic mass is 35.5. The van der Waals surface area contributed by atoms with Gasteiger partial charge in [-0.2, -0.15) is 0 Å². The normalized spacial score (nSPS) is 10.7. The standard InChI is InChI=1S/C20H20ClN3O4S2/c1-10(2)28-13-6-5-12(9-14(13)27-4)18(25)23-24-19(26)17-11(3)22-20(30-17)15-7-8-16(21)29-15/h5-10H,1-4H3,(H,23,25)(H,24,26). The van der Waals surface area contributed by atoms with Gasteiger partial charge in [0.2, 0.25) is 0 Å². The second kappa shape index (κ2) is 9.46. The van der Waals surface area contributed by atoms with Crippen LogP contribution in [0.25, 0.3) is 9.88 Å². The Bertz CT molecular complexity index is 1080. The lowest BCUT2D eigenvalue weighted by molar-refractivity contribution is 0.0848. The van der Waals surface area contributed by atoms with Gasteiger partial charge in [0.15, 0.2) is 11.5 Å². The molecule has 2 heterocycles. The fraction of sp³-hybridized carbons (Fsp3) is 0.250. The number of carbonyl (C=O) groups is 2. The maximum absolute atomic E-state index is 12.5. The number of halogens is 1. The molecule has 0 aliphatic heterocycles. The number of nitrogens with zero attached hydrogens (tertiary/aromatic N) is 1. The zero-order valence-corrected chi connectivity index (χ0v) is 19.1. The van der Waals surface area contributed by atoms with E-state index in [-0.39, 0.29) is 6.10 Å². The third-order valence-electron chi connectivity index (χ3n) is 3.86. The highest BCUT2D eigenvalue weighted by molar-refractivity contribution is 7.24. The van der Waals surface area contributed by atoms with Gasteiger partial charge in [0, 0.05) is 5.56 Å². The molecule has 158 valence electrons. The van der Waals surface area contributed by atoms with Gasteiger partial charge in [-0.05, 0) is 51.1 Å². The molecule has 2 amide bonds. The lowest BCUT2D eigenvalue weighted by Crippen LogP contribution is -2.41. The van der Waals surface area contributed by atoms with Crippen LogP contribution < -0.4 is 20.3 Å². The van der Waals surface area contributed by atoms with E-state index in [2.05, 4.69) is 15.8 Å². The van der Waals surface area contributed by atoms with E-state index in [4.69, 9.17) is 21.1 Å². The molecule has 2 aromatic heterocycles. The molecule has 3 aromatic rings. The van der Waals surface area contributed by atoms with Crippen LogP contribution in [0.5, 0.6) is 11.5 Å². The molecule has 0 atom stereocenters. The van der Waals surface area contributed by atoms with E-state index in [1.54, 1.807) is 31.2 Å². The maximum atomic E-state index is 12.5. The van der Waals surface area contributed by atoms with Crippen LogP contribution in [0.1, 0.15) is 39.6 Å². The van der Waals surface area contributed by atoms with Gasteiger partial charge in [0.25, 0.3) is 11.8 Å². The van der Waals surface area contributed by atoms with Crippen LogP contribution in [0.15, 0.2) is 30.3 Å². The number of aryl methyl sites for hydroxylation is 1. The average molecular weight is 466 g/mol. The fourth-order valence-corrected chi connectivity index (χ4v) is 4.60. The van der Waals surface area contributed by atoms with Crippen molar-refractivity contribution in [2.75, 3.05) is 7.11 Å². The molecular weight excluding hydrogens is 446 g/mol. The zero-order chi connectivity index (χ0) is 21.8. The number of hydrazine groups is 1. The number of carbonyl (C=O) groups excluding carboxylic acids is 2. The van der Waals surface area contributed by atoms with Crippen LogP contribution in [0, 0.1) is 6.92 Å². The summed E-state index contributed by atoms with van der Waals surface area (Å²) in [4.78, 5) is 30.7. The highest BCUT2D eigenvalue weighted by Gasteiger charge is 2.18. The quantitative estimate of drug-likeness (QED) is 0.515. The first-order valence-electron chi connectivity index (χ1n) is 8.97. The van der Waals surface area contributed by atoms with Gasteiger partial charge < -0.3 is 9.47 Å². The summed E-state index contributed by atoms with van der Waals surface area (Å²) >= 11 is 8.59. The monoisotopic (exact) mass is 465 g/mol. The Hall–Kier alpha value is -2.62. The first-order chi connectivity index (χ1) is 14.3. The number of benzene rings is 1. The van der Waals surface area contributed by atoms with Crippen molar-refractivity contribution in [1.29, 1.82) is 0 Å². The molecule has 0 spiro atoms. The molecule has 1 aromatic carbocycles. The molecule has 0 saturated heterocycles. The molecule has 3 rings (SSSR count). The van der Waals surface area contributed by atoms with E-state index in [1.165, 1.54) is 29.8 Å². The summed E-state index contributed by atoms with van der Waals surface area (Å²) in [6, 6.07) is 8.44. The van der Waals surface area contributed by atoms with Crippen LogP contribution in [-0.2, 0) is 0 Å². The predicted molar refractivity (Wildman–Crippen MR) is 119 cm³/mol. The Kier molecular flexibility index (Phi) is 6.96. The minimum Gasteiger partial charge on any atom is -0.493 e. The molecule has 0 unspecified atom stereocenters. The number of methoxy groups -OCH3 is 1. The van der Waals surface area contributed by atoms with Crippen LogP contribution in [-0.4, -0.2) is 30.0 Å². The van der Waals surface area contributed by atoms with Crippen molar-refractivity contribution in [3.8, 4) is 21.4 Å². The van der Waals surface area contributed by atoms with E-state index in [0.29, 0.717) is 37.0 Å². The van der Waals surface area contributed by atoms with Crippen LogP contribution in [0.4, 0.5) is 0 Å². The van der Waals surface area contributed by atoms with E-state index in [0.717, 1.165) is 4.88 Å². The summed E-state index contributed by atoms with van der Waals surface area (Å²) in [5, 5.41) is 0.700. The molecule has 0 fully saturated rings. The third-order valence-corrected chi connectivity index (χ3v) is 6.42. The topological polar surface area (TPSA) is 89.6 Å². The first kappa shape index (κ1) is 22.1. The Morgan fingerprint density at radius 1 is 1.07 bits per heavy atom. The summed E-state index contributed by atoms with van der Waals surface area (Å²) in [6.45, 7) is 5.54. The van der Waals surface area contributed by atoms with Crippen molar-refractivity contribution < 1.29 is 19.1 Å². The van der Waals surface area contributed by atoms with Gasteiger partial charge in [0.1, 0.15) is 9.88 Å². The van der Waals surface area contributed by atoms with Crippen molar-refractivity contribution in [1.82, 2.24) is 15.8 Å². The van der Waals surface area contributed by atoms with Gasteiger partial charge in [-0.3, -0.25) is 20.4 Å². The van der Waals surface area contributed by atoms with Gasteiger partial charge in [0.05, 0.1) is 28.1 Å². The molecule has 30 heavy (non-hydrogen) atoms. The minimum absolute atomic E-state index is 0.0318. The molecule has 0 saturated carbocycles. The molecule has 10 heteroatoms. The fourth-order valence-electron chi connectivity index (χ4n) is 2.54. The molecule has 0 aliphatic carbocycles. The number of rotatable bonds is 6. The average Bonchev–Trinajstić information content (AvgIpc) is 3.31. The largest absolute Gasteiger partial charge is 0.493 e. The Morgan fingerprint density at radius 3 is 2.43 bits per heavy atom. The lowest BCUT2D eigenvalue weighted by Gasteiger charge is -2.14. The van der Waals surface area contributed by atoms with E-state index < -0.39 is 11.8 Å². The number of thiophene rings is 1. The van der Waals surface area contributed by atoms with E-state index in [1.807, 2.05) is 19.9 Å². The van der Waals surface area contributed by atoms with Gasteiger partial charge in [-0.1, -0.05) is 11.6 Å². The minimum atomic E-state index is -0.481. The van der Waals surface area contributed by atoms with Gasteiger partial charge >= 0.3 is 0 Å². The Balaban J connectivity index is 1.67. The maximum Gasteiger partial charge on any atom is 0.281 e. The molecule has 7 nitrogen and oxygen atoms in total. The van der Waals surface area contributed by atoms with Crippen LogP contribution in [0.3, 0.4) is 0 Å². The third kappa shape index (κ3) is 5.10. The van der Waals surface area contributed by atoms with Crippen LogP contribution >= 0.6 is 34.3 Å². The van der Waals surface area contributed by atoms with Crippen molar-refractivity contribution in [3.05, 3.63) is 50.8 Å². The molecular formula is C20H20ClN3O4S2. The summed E-state index contributed by atoms with van der Waals surface area (Å²) in [5.74, 6) is 0.0407. The summed E-state index contributed by atoms with van der Waals surface area (Å²) in [6.07, 6.45) is -0.0318. The van der Waals surface area contributed by atoms with Gasteiger partial charge in [-0.15, -0.1) is 22.7 Å². The molecule has 0 bridgehead atoms. The van der Waals surface area contributed by atoms with E-state index >= 15 is 0 Å². The van der Waals surface area contributed by atoms with Crippen molar-refractivity contribution in [2.24, 2.45) is 0 Å². The van der Waals surface area contributed by atoms with Crippen molar-refractivity contribution >= 4 is 46.1 Å². The van der Waals surface area contributed by atoms with Crippen molar-refractivity contribution in [2.45, 2.75) is 26.9 Å². The molecule has 0 radical (unpaired) electrons. The molecule has 0 aliphatic rings.